The Kier molecular flexibility index (Phi) is 5.79. The minimum atomic E-state index is -1.07. The van der Waals surface area contributed by atoms with Gasteiger partial charge in [-0.05, 0) is 18.8 Å². The number of hydrogen-bond acceptors (Lipinski definition) is 3. The molecule has 0 radical (unpaired) electrons. The maximum atomic E-state index is 11.9. The molecule has 114 valence electrons. The van der Waals surface area contributed by atoms with Gasteiger partial charge in [-0.2, -0.15) is 0 Å². The van der Waals surface area contributed by atoms with Gasteiger partial charge in [0.1, 0.15) is 12.6 Å². The molecule has 1 rings (SSSR count). The molecule has 1 fully saturated rings. The van der Waals surface area contributed by atoms with E-state index < -0.39 is 18.0 Å². The van der Waals surface area contributed by atoms with Crippen molar-refractivity contribution in [1.82, 2.24) is 15.5 Å². The number of urea groups is 1. The fourth-order valence-electron chi connectivity index (χ4n) is 1.71. The monoisotopic (exact) mass is 285 g/mol. The summed E-state index contributed by atoms with van der Waals surface area (Å²) in [5.41, 5.74) is 0. The zero-order chi connectivity index (χ0) is 15.3. The molecule has 2 atom stereocenters. The largest absolute Gasteiger partial charge is 0.480 e. The van der Waals surface area contributed by atoms with Gasteiger partial charge in [-0.3, -0.25) is 4.79 Å². The predicted molar refractivity (Wildman–Crippen MR) is 73.2 cm³/mol. The summed E-state index contributed by atoms with van der Waals surface area (Å²) in [6, 6.07) is -1.25. The van der Waals surface area contributed by atoms with Gasteiger partial charge in [0.2, 0.25) is 5.91 Å². The Morgan fingerprint density at radius 1 is 1.35 bits per heavy atom. The number of likely N-dealkylation sites (N-methyl/N-ethyl adjacent to an activating group) is 1. The van der Waals surface area contributed by atoms with Crippen molar-refractivity contribution in [2.24, 2.45) is 5.92 Å². The maximum absolute atomic E-state index is 11.9. The van der Waals surface area contributed by atoms with Gasteiger partial charge >= 0.3 is 12.0 Å². The number of carbonyl (C=O) groups excluding carboxylic acids is 2. The minimum Gasteiger partial charge on any atom is -0.480 e. The van der Waals surface area contributed by atoms with E-state index in [2.05, 4.69) is 10.6 Å². The molecule has 1 saturated carbocycles. The average Bonchev–Trinajstić information content (AvgIpc) is 3.17. The maximum Gasteiger partial charge on any atom is 0.326 e. The van der Waals surface area contributed by atoms with E-state index in [4.69, 9.17) is 5.11 Å². The first-order chi connectivity index (χ1) is 9.35. The first kappa shape index (κ1) is 16.3. The number of hydrogen-bond donors (Lipinski definition) is 3. The SMILES string of the molecule is CC[C@H](C)[C@H](NC(=O)N(C)CC(=O)NC1CC1)C(=O)O. The molecule has 0 aromatic heterocycles. The van der Waals surface area contributed by atoms with Crippen LogP contribution in [-0.2, 0) is 9.59 Å². The van der Waals surface area contributed by atoms with Crippen molar-refractivity contribution < 1.29 is 19.5 Å². The Labute approximate surface area is 118 Å². The molecular weight excluding hydrogens is 262 g/mol. The summed E-state index contributed by atoms with van der Waals surface area (Å²) < 4.78 is 0. The van der Waals surface area contributed by atoms with Crippen LogP contribution in [0.15, 0.2) is 0 Å². The van der Waals surface area contributed by atoms with E-state index in [1.165, 1.54) is 11.9 Å². The smallest absolute Gasteiger partial charge is 0.326 e. The molecule has 0 aliphatic heterocycles. The molecule has 3 amide bonds. The third-order valence-corrected chi connectivity index (χ3v) is 3.43. The normalized spacial score (nSPS) is 16.9. The summed E-state index contributed by atoms with van der Waals surface area (Å²) in [5.74, 6) is -1.46. The zero-order valence-corrected chi connectivity index (χ0v) is 12.2. The molecule has 0 heterocycles. The summed E-state index contributed by atoms with van der Waals surface area (Å²) in [6.45, 7) is 3.55. The van der Waals surface area contributed by atoms with E-state index in [1.807, 2.05) is 6.92 Å². The number of amides is 3. The molecule has 1 aliphatic carbocycles. The Balaban J connectivity index is 2.45. The number of carboxylic acid groups (broad SMARTS) is 1. The Bertz CT molecular complexity index is 382. The van der Waals surface area contributed by atoms with Gasteiger partial charge in [-0.1, -0.05) is 20.3 Å². The fraction of sp³-hybridized carbons (Fsp3) is 0.769. The Hall–Kier alpha value is -1.79. The summed E-state index contributed by atoms with van der Waals surface area (Å²) in [6.07, 6.45) is 2.61. The molecule has 7 nitrogen and oxygen atoms in total. The molecule has 0 aromatic rings. The molecule has 0 unspecified atom stereocenters. The molecule has 3 N–H and O–H groups in total. The van der Waals surface area contributed by atoms with Crippen molar-refractivity contribution in [2.45, 2.75) is 45.2 Å². The van der Waals surface area contributed by atoms with Crippen LogP contribution in [0.4, 0.5) is 4.79 Å². The quantitative estimate of drug-likeness (QED) is 0.630. The number of aliphatic carboxylic acids is 1. The van der Waals surface area contributed by atoms with Gasteiger partial charge in [0.15, 0.2) is 0 Å². The van der Waals surface area contributed by atoms with Crippen LogP contribution in [0.3, 0.4) is 0 Å². The van der Waals surface area contributed by atoms with Crippen molar-refractivity contribution in [3.63, 3.8) is 0 Å². The molecule has 1 aliphatic rings. The van der Waals surface area contributed by atoms with Crippen LogP contribution in [0.1, 0.15) is 33.1 Å². The van der Waals surface area contributed by atoms with Crippen molar-refractivity contribution in [3.8, 4) is 0 Å². The molecule has 0 spiro atoms. The molecule has 0 saturated heterocycles. The summed E-state index contributed by atoms with van der Waals surface area (Å²) in [4.78, 5) is 35.8. The highest BCUT2D eigenvalue weighted by Crippen LogP contribution is 2.18. The second-order valence-corrected chi connectivity index (χ2v) is 5.35. The first-order valence-corrected chi connectivity index (χ1v) is 6.89. The number of nitrogens with one attached hydrogen (secondary N) is 2. The van der Waals surface area contributed by atoms with Gasteiger partial charge in [0, 0.05) is 13.1 Å². The topological polar surface area (TPSA) is 98.7 Å². The number of rotatable bonds is 7. The fourth-order valence-corrected chi connectivity index (χ4v) is 1.71. The zero-order valence-electron chi connectivity index (χ0n) is 12.2. The van der Waals surface area contributed by atoms with E-state index in [9.17, 15) is 14.4 Å². The van der Waals surface area contributed by atoms with E-state index in [1.54, 1.807) is 6.92 Å². The lowest BCUT2D eigenvalue weighted by Gasteiger charge is -2.24. The molecule has 0 bridgehead atoms. The van der Waals surface area contributed by atoms with Crippen molar-refractivity contribution >= 4 is 17.9 Å². The predicted octanol–water partition coefficient (Wildman–Crippen LogP) is 0.406. The standard InChI is InChI=1S/C13H23N3O4/c1-4-8(2)11(12(18)19)15-13(20)16(3)7-10(17)14-9-5-6-9/h8-9,11H,4-7H2,1-3H3,(H,14,17)(H,15,20)(H,18,19)/t8-,11-/m0/s1. The van der Waals surface area contributed by atoms with Crippen LogP contribution in [0.5, 0.6) is 0 Å². The van der Waals surface area contributed by atoms with Crippen LogP contribution in [0.25, 0.3) is 0 Å². The van der Waals surface area contributed by atoms with E-state index >= 15 is 0 Å². The summed E-state index contributed by atoms with van der Waals surface area (Å²) >= 11 is 0. The summed E-state index contributed by atoms with van der Waals surface area (Å²) in [5, 5.41) is 14.3. The Morgan fingerprint density at radius 2 is 1.95 bits per heavy atom. The van der Waals surface area contributed by atoms with Crippen LogP contribution >= 0.6 is 0 Å². The van der Waals surface area contributed by atoms with Crippen molar-refractivity contribution in [1.29, 1.82) is 0 Å². The highest BCUT2D eigenvalue weighted by Gasteiger charge is 2.28. The second-order valence-electron chi connectivity index (χ2n) is 5.35. The van der Waals surface area contributed by atoms with Gasteiger partial charge in [0.25, 0.3) is 0 Å². The van der Waals surface area contributed by atoms with E-state index in [0.29, 0.717) is 6.42 Å². The van der Waals surface area contributed by atoms with Gasteiger partial charge in [-0.25, -0.2) is 9.59 Å². The highest BCUT2D eigenvalue weighted by molar-refractivity contribution is 5.86. The first-order valence-electron chi connectivity index (χ1n) is 6.89. The van der Waals surface area contributed by atoms with Crippen LogP contribution in [0.2, 0.25) is 0 Å². The van der Waals surface area contributed by atoms with Crippen LogP contribution < -0.4 is 10.6 Å². The van der Waals surface area contributed by atoms with Crippen LogP contribution in [-0.4, -0.2) is 53.6 Å². The third kappa shape index (κ3) is 5.07. The Morgan fingerprint density at radius 3 is 2.40 bits per heavy atom. The molecular formula is C13H23N3O4. The van der Waals surface area contributed by atoms with Gasteiger partial charge < -0.3 is 20.6 Å². The summed E-state index contributed by atoms with van der Waals surface area (Å²) in [7, 11) is 1.47. The van der Waals surface area contributed by atoms with Gasteiger partial charge in [0.05, 0.1) is 0 Å². The lowest BCUT2D eigenvalue weighted by molar-refractivity contribution is -0.140. The van der Waals surface area contributed by atoms with E-state index in [0.717, 1.165) is 12.8 Å². The van der Waals surface area contributed by atoms with E-state index in [-0.39, 0.29) is 24.4 Å². The molecule has 0 aromatic carbocycles. The highest BCUT2D eigenvalue weighted by atomic mass is 16.4. The van der Waals surface area contributed by atoms with Crippen LogP contribution in [0, 0.1) is 5.92 Å². The minimum absolute atomic E-state index is 0.0742. The number of nitrogens with zero attached hydrogens (tertiary/aromatic N) is 1. The second kappa shape index (κ2) is 7.12. The van der Waals surface area contributed by atoms with Gasteiger partial charge in [-0.15, -0.1) is 0 Å². The third-order valence-electron chi connectivity index (χ3n) is 3.43. The lowest BCUT2D eigenvalue weighted by Crippen LogP contribution is -2.51. The molecule has 7 heteroatoms. The lowest BCUT2D eigenvalue weighted by atomic mass is 9.99. The van der Waals surface area contributed by atoms with Crippen molar-refractivity contribution in [3.05, 3.63) is 0 Å². The average molecular weight is 285 g/mol. The van der Waals surface area contributed by atoms with Crippen molar-refractivity contribution in [2.75, 3.05) is 13.6 Å². The molecule has 20 heavy (non-hydrogen) atoms. The number of carboxylic acids is 1. The number of carbonyl (C=O) groups is 3.